The number of halogens is 1. The maximum Gasteiger partial charge on any atom is 0.339 e. The standard InChI is InChI=1S/C29H28ClN5O3/c1-17-26(34(2)33-32-17)20-15-23-25(31-16-20)22-10-9-21(29(36)37-3)24(30)28(22)35(23)27(18-7-5-4-6-8-18)19-11-13-38-14-12-19/h4-10,15-16,19,27H,11-14H2,1-3H3/t27-/m1/s1/i1D3. The van der Waals surface area contributed by atoms with E-state index in [0.717, 1.165) is 29.3 Å². The van der Waals surface area contributed by atoms with Crippen LogP contribution in [0.3, 0.4) is 0 Å². The van der Waals surface area contributed by atoms with E-state index in [9.17, 15) is 4.79 Å². The fourth-order valence-corrected chi connectivity index (χ4v) is 5.97. The largest absolute Gasteiger partial charge is 0.465 e. The number of rotatable bonds is 5. The van der Waals surface area contributed by atoms with E-state index in [2.05, 4.69) is 27.0 Å². The van der Waals surface area contributed by atoms with Crippen LogP contribution in [0.1, 0.15) is 44.6 Å². The normalized spacial score (nSPS) is 16.8. The van der Waals surface area contributed by atoms with Gasteiger partial charge in [-0.25, -0.2) is 9.48 Å². The summed E-state index contributed by atoms with van der Waals surface area (Å²) < 4.78 is 38.4. The topological polar surface area (TPSA) is 84.1 Å². The van der Waals surface area contributed by atoms with Crippen LogP contribution in [0.4, 0.5) is 0 Å². The first-order valence-corrected chi connectivity index (χ1v) is 12.8. The van der Waals surface area contributed by atoms with Crippen LogP contribution in [-0.2, 0) is 16.5 Å². The highest BCUT2D eigenvalue weighted by Crippen LogP contribution is 2.43. The molecular weight excluding hydrogens is 502 g/mol. The van der Waals surface area contributed by atoms with Gasteiger partial charge in [-0.3, -0.25) is 4.98 Å². The van der Waals surface area contributed by atoms with Crippen molar-refractivity contribution in [2.24, 2.45) is 13.0 Å². The lowest BCUT2D eigenvalue weighted by Gasteiger charge is -2.33. The van der Waals surface area contributed by atoms with Gasteiger partial charge in [0.2, 0.25) is 0 Å². The van der Waals surface area contributed by atoms with Gasteiger partial charge in [0.1, 0.15) is 0 Å². The predicted molar refractivity (Wildman–Crippen MR) is 146 cm³/mol. The molecule has 194 valence electrons. The number of ether oxygens (including phenoxy) is 2. The molecule has 0 unspecified atom stereocenters. The van der Waals surface area contributed by atoms with E-state index in [1.807, 2.05) is 30.3 Å². The molecule has 0 bridgehead atoms. The summed E-state index contributed by atoms with van der Waals surface area (Å²) in [4.78, 5) is 17.5. The first-order chi connectivity index (χ1) is 19.7. The van der Waals surface area contributed by atoms with E-state index in [-0.39, 0.29) is 28.2 Å². The second-order valence-electron chi connectivity index (χ2n) is 9.49. The van der Waals surface area contributed by atoms with Crippen molar-refractivity contribution in [2.75, 3.05) is 20.3 Å². The lowest BCUT2D eigenvalue weighted by molar-refractivity contribution is 0.0553. The van der Waals surface area contributed by atoms with Crippen molar-refractivity contribution < 1.29 is 18.4 Å². The average Bonchev–Trinajstić information content (AvgIpc) is 3.52. The van der Waals surface area contributed by atoms with E-state index in [1.165, 1.54) is 11.8 Å². The number of pyridine rings is 1. The molecule has 1 aliphatic heterocycles. The number of aromatic nitrogens is 5. The molecule has 0 N–H and O–H groups in total. The van der Waals surface area contributed by atoms with Gasteiger partial charge in [0, 0.05) is 41.5 Å². The summed E-state index contributed by atoms with van der Waals surface area (Å²) in [6.07, 6.45) is 3.29. The Morgan fingerprint density at radius 2 is 2.00 bits per heavy atom. The highest BCUT2D eigenvalue weighted by atomic mass is 35.5. The summed E-state index contributed by atoms with van der Waals surface area (Å²) in [5.74, 6) is -0.337. The molecule has 0 saturated carbocycles. The number of methoxy groups -OCH3 is 1. The van der Waals surface area contributed by atoms with Gasteiger partial charge in [-0.1, -0.05) is 47.1 Å². The molecule has 0 spiro atoms. The minimum atomic E-state index is -2.46. The van der Waals surface area contributed by atoms with Gasteiger partial charge in [0.25, 0.3) is 0 Å². The van der Waals surface area contributed by atoms with Crippen LogP contribution < -0.4 is 0 Å². The third-order valence-corrected chi connectivity index (χ3v) is 7.76. The predicted octanol–water partition coefficient (Wildman–Crippen LogP) is 5.75. The molecule has 1 atom stereocenters. The number of hydrogen-bond donors (Lipinski definition) is 0. The van der Waals surface area contributed by atoms with Crippen LogP contribution in [0, 0.1) is 12.8 Å². The number of esters is 1. The van der Waals surface area contributed by atoms with Crippen LogP contribution in [0.25, 0.3) is 33.2 Å². The van der Waals surface area contributed by atoms with Gasteiger partial charge < -0.3 is 14.0 Å². The van der Waals surface area contributed by atoms with Gasteiger partial charge in [-0.15, -0.1) is 5.10 Å². The summed E-state index contributed by atoms with van der Waals surface area (Å²) in [6, 6.07) is 15.4. The molecule has 1 aliphatic rings. The molecule has 1 fully saturated rings. The Hall–Kier alpha value is -3.75. The Labute approximate surface area is 229 Å². The monoisotopic (exact) mass is 532 g/mol. The Bertz CT molecular complexity index is 1760. The van der Waals surface area contributed by atoms with Gasteiger partial charge in [-0.2, -0.15) is 0 Å². The summed E-state index contributed by atoms with van der Waals surface area (Å²) >= 11 is 7.04. The van der Waals surface area contributed by atoms with Gasteiger partial charge >= 0.3 is 5.97 Å². The van der Waals surface area contributed by atoms with Crippen molar-refractivity contribution >= 4 is 39.5 Å². The van der Waals surface area contributed by atoms with E-state index in [4.69, 9.17) is 30.2 Å². The number of aryl methyl sites for hydroxylation is 2. The minimum absolute atomic E-state index is 0.0983. The zero-order valence-corrected chi connectivity index (χ0v) is 21.8. The van der Waals surface area contributed by atoms with Crippen molar-refractivity contribution in [3.05, 3.63) is 76.6 Å². The maximum atomic E-state index is 12.7. The molecule has 5 aromatic rings. The molecule has 8 nitrogen and oxygen atoms in total. The molecular formula is C29H28ClN5O3. The lowest BCUT2D eigenvalue weighted by atomic mass is 9.86. The van der Waals surface area contributed by atoms with Crippen molar-refractivity contribution in [3.8, 4) is 11.3 Å². The third kappa shape index (κ3) is 3.95. The SMILES string of the molecule is [2H]C([2H])([2H])c1nnn(C)c1-c1cnc2c3ccc(C(=O)OC)c(Cl)c3n([C@H](c3ccccc3)C3CCOCC3)c2c1. The smallest absolute Gasteiger partial charge is 0.339 e. The molecule has 0 amide bonds. The lowest BCUT2D eigenvalue weighted by Crippen LogP contribution is -2.27. The fourth-order valence-electron chi connectivity index (χ4n) is 5.64. The van der Waals surface area contributed by atoms with Crippen LogP contribution in [0.5, 0.6) is 0 Å². The number of fused-ring (bicyclic) bond motifs is 3. The summed E-state index contributed by atoms with van der Waals surface area (Å²) in [7, 11) is 2.98. The molecule has 3 aromatic heterocycles. The van der Waals surface area contributed by atoms with Gasteiger partial charge in [0.15, 0.2) is 0 Å². The quantitative estimate of drug-likeness (QED) is 0.268. The second kappa shape index (κ2) is 9.85. The van der Waals surface area contributed by atoms with Crippen LogP contribution in [0.15, 0.2) is 54.7 Å². The molecule has 2 aromatic carbocycles. The fraction of sp³-hybridized carbons (Fsp3) is 0.310. The molecule has 38 heavy (non-hydrogen) atoms. The van der Waals surface area contributed by atoms with Crippen molar-refractivity contribution in [1.29, 1.82) is 0 Å². The Morgan fingerprint density at radius 3 is 2.74 bits per heavy atom. The third-order valence-electron chi connectivity index (χ3n) is 7.38. The van der Waals surface area contributed by atoms with Gasteiger partial charge in [-0.05, 0) is 49.4 Å². The highest BCUT2D eigenvalue weighted by molar-refractivity contribution is 6.39. The van der Waals surface area contributed by atoms with Crippen LogP contribution in [0.2, 0.25) is 5.02 Å². The van der Waals surface area contributed by atoms with Crippen LogP contribution in [-0.4, -0.2) is 50.8 Å². The zero-order valence-electron chi connectivity index (χ0n) is 24.0. The molecule has 4 heterocycles. The van der Waals surface area contributed by atoms with Crippen molar-refractivity contribution in [1.82, 2.24) is 24.5 Å². The summed E-state index contributed by atoms with van der Waals surface area (Å²) in [5, 5.41) is 8.99. The zero-order chi connectivity index (χ0) is 28.9. The molecule has 1 saturated heterocycles. The Balaban J connectivity index is 1.72. The van der Waals surface area contributed by atoms with Crippen LogP contribution >= 0.6 is 11.6 Å². The molecule has 6 rings (SSSR count). The molecule has 9 heteroatoms. The van der Waals surface area contributed by atoms with E-state index < -0.39 is 12.8 Å². The maximum absolute atomic E-state index is 12.7. The highest BCUT2D eigenvalue weighted by Gasteiger charge is 2.32. The number of benzene rings is 2. The number of carbonyl (C=O) groups excluding carboxylic acids is 1. The second-order valence-corrected chi connectivity index (χ2v) is 9.87. The van der Waals surface area contributed by atoms with Crippen molar-refractivity contribution in [2.45, 2.75) is 25.7 Å². The first kappa shape index (κ1) is 21.2. The van der Waals surface area contributed by atoms with E-state index in [1.54, 1.807) is 19.3 Å². The summed E-state index contributed by atoms with van der Waals surface area (Å²) in [6.45, 7) is -1.19. The van der Waals surface area contributed by atoms with Crippen molar-refractivity contribution in [3.63, 3.8) is 0 Å². The minimum Gasteiger partial charge on any atom is -0.465 e. The van der Waals surface area contributed by atoms with E-state index >= 15 is 0 Å². The number of carbonyl (C=O) groups is 1. The molecule has 0 aliphatic carbocycles. The average molecular weight is 533 g/mol. The Morgan fingerprint density at radius 1 is 1.21 bits per heavy atom. The number of hydrogen-bond acceptors (Lipinski definition) is 6. The molecule has 0 radical (unpaired) electrons. The van der Waals surface area contributed by atoms with E-state index in [0.29, 0.717) is 35.5 Å². The first-order valence-electron chi connectivity index (χ1n) is 13.9. The Kier molecular flexibility index (Phi) is 5.50. The number of nitrogens with zero attached hydrogens (tertiary/aromatic N) is 5. The van der Waals surface area contributed by atoms with Gasteiger partial charge in [0.05, 0.1) is 51.7 Å². The summed E-state index contributed by atoms with van der Waals surface area (Å²) in [5.41, 5.74) is 4.25.